The number of oxazole rings is 1. The molecule has 2 aromatic carbocycles. The Labute approximate surface area is 166 Å². The van der Waals surface area contributed by atoms with E-state index in [0.717, 1.165) is 5.56 Å². The predicted octanol–water partition coefficient (Wildman–Crippen LogP) is 3.01. The summed E-state index contributed by atoms with van der Waals surface area (Å²) in [7, 11) is 1.37. The van der Waals surface area contributed by atoms with Crippen molar-refractivity contribution >= 4 is 17.9 Å². The third-order valence-electron chi connectivity index (χ3n) is 4.06. The number of nitrogens with zero attached hydrogens (tertiary/aromatic N) is 1. The van der Waals surface area contributed by atoms with Gasteiger partial charge in [-0.25, -0.2) is 14.6 Å². The highest BCUT2D eigenvalue weighted by molar-refractivity contribution is 6.00. The molecule has 0 aliphatic heterocycles. The van der Waals surface area contributed by atoms with Gasteiger partial charge in [0.2, 0.25) is 5.89 Å². The van der Waals surface area contributed by atoms with Crippen molar-refractivity contribution in [1.82, 2.24) is 15.6 Å². The van der Waals surface area contributed by atoms with Crippen LogP contribution in [0.2, 0.25) is 0 Å². The van der Waals surface area contributed by atoms with Crippen LogP contribution in [0.1, 0.15) is 17.3 Å². The zero-order valence-electron chi connectivity index (χ0n) is 15.8. The Morgan fingerprint density at radius 3 is 2.45 bits per heavy atom. The van der Waals surface area contributed by atoms with E-state index >= 15 is 0 Å². The molecule has 0 aliphatic rings. The maximum Gasteiger partial charge on any atom is 0.339 e. The van der Waals surface area contributed by atoms with Crippen LogP contribution in [0.5, 0.6) is 0 Å². The van der Waals surface area contributed by atoms with Gasteiger partial charge in [-0.05, 0) is 19.1 Å². The summed E-state index contributed by atoms with van der Waals surface area (Å²) in [5, 5.41) is 4.31. The minimum atomic E-state index is -1.17. The van der Waals surface area contributed by atoms with Crippen molar-refractivity contribution in [2.45, 2.75) is 13.0 Å². The monoisotopic (exact) mass is 393 g/mol. The van der Waals surface area contributed by atoms with E-state index in [-0.39, 0.29) is 11.5 Å². The van der Waals surface area contributed by atoms with E-state index < -0.39 is 24.0 Å². The van der Waals surface area contributed by atoms with E-state index in [1.165, 1.54) is 14.0 Å². The fourth-order valence-electron chi connectivity index (χ4n) is 2.54. The Morgan fingerprint density at radius 1 is 1.03 bits per heavy atom. The van der Waals surface area contributed by atoms with Crippen molar-refractivity contribution in [3.05, 3.63) is 66.4 Å². The molecule has 8 nitrogen and oxygen atoms in total. The smallest absolute Gasteiger partial charge is 0.339 e. The third kappa shape index (κ3) is 4.67. The van der Waals surface area contributed by atoms with Crippen LogP contribution in [0.25, 0.3) is 22.8 Å². The molecular formula is C21H19N3O5. The molecule has 3 aromatic rings. The van der Waals surface area contributed by atoms with Crippen LogP contribution >= 0.6 is 0 Å². The maximum atomic E-state index is 12.6. The van der Waals surface area contributed by atoms with Gasteiger partial charge in [0.1, 0.15) is 0 Å². The van der Waals surface area contributed by atoms with E-state index in [4.69, 9.17) is 9.15 Å². The first-order valence-electron chi connectivity index (χ1n) is 8.83. The number of nitrogens with one attached hydrogen (secondary N) is 2. The number of urea groups is 1. The Morgan fingerprint density at radius 2 is 1.72 bits per heavy atom. The first-order chi connectivity index (χ1) is 14.0. The first-order valence-corrected chi connectivity index (χ1v) is 8.83. The number of rotatable bonds is 5. The van der Waals surface area contributed by atoms with Crippen molar-refractivity contribution < 1.29 is 23.5 Å². The Bertz CT molecular complexity index is 1030. The number of imide groups is 1. The average molecular weight is 393 g/mol. The zero-order chi connectivity index (χ0) is 20.8. The maximum absolute atomic E-state index is 12.6. The normalized spacial score (nSPS) is 11.4. The molecule has 3 amide bonds. The molecule has 0 fully saturated rings. The van der Waals surface area contributed by atoms with Gasteiger partial charge in [0, 0.05) is 12.6 Å². The van der Waals surface area contributed by atoms with Crippen LogP contribution in [0.15, 0.2) is 65.2 Å². The molecule has 0 spiro atoms. The molecule has 1 atom stereocenters. The fraction of sp³-hybridized carbons (Fsp3) is 0.143. The summed E-state index contributed by atoms with van der Waals surface area (Å²) in [6.45, 7) is 1.37. The largest absolute Gasteiger partial charge is 0.449 e. The third-order valence-corrected chi connectivity index (χ3v) is 4.06. The molecule has 3 rings (SSSR count). The second kappa shape index (κ2) is 8.83. The molecule has 0 aliphatic carbocycles. The number of benzene rings is 2. The van der Waals surface area contributed by atoms with Gasteiger partial charge in [0.25, 0.3) is 5.91 Å². The van der Waals surface area contributed by atoms with Gasteiger partial charge in [0.15, 0.2) is 11.9 Å². The number of ether oxygens (including phenoxy) is 1. The molecular weight excluding hydrogens is 374 g/mol. The lowest BCUT2D eigenvalue weighted by Crippen LogP contribution is -2.43. The summed E-state index contributed by atoms with van der Waals surface area (Å²) < 4.78 is 11.0. The van der Waals surface area contributed by atoms with E-state index in [1.54, 1.807) is 30.5 Å². The number of amides is 3. The molecule has 8 heteroatoms. The lowest BCUT2D eigenvalue weighted by atomic mass is 10.1. The molecule has 0 bridgehead atoms. The van der Waals surface area contributed by atoms with Crippen LogP contribution in [0.4, 0.5) is 4.79 Å². The summed E-state index contributed by atoms with van der Waals surface area (Å²) in [6.07, 6.45) is 0.406. The van der Waals surface area contributed by atoms with Crippen LogP contribution in [-0.2, 0) is 9.53 Å². The van der Waals surface area contributed by atoms with Gasteiger partial charge < -0.3 is 14.5 Å². The van der Waals surface area contributed by atoms with Crippen molar-refractivity contribution in [2.75, 3.05) is 7.05 Å². The van der Waals surface area contributed by atoms with Gasteiger partial charge >= 0.3 is 12.0 Å². The molecule has 0 unspecified atom stereocenters. The quantitative estimate of drug-likeness (QED) is 0.645. The molecule has 2 N–H and O–H groups in total. The highest BCUT2D eigenvalue weighted by atomic mass is 16.5. The van der Waals surface area contributed by atoms with Gasteiger partial charge in [-0.3, -0.25) is 10.1 Å². The minimum Gasteiger partial charge on any atom is -0.449 e. The Kier molecular flexibility index (Phi) is 6.03. The van der Waals surface area contributed by atoms with E-state index in [0.29, 0.717) is 11.3 Å². The van der Waals surface area contributed by atoms with Crippen molar-refractivity contribution in [3.8, 4) is 22.8 Å². The van der Waals surface area contributed by atoms with Gasteiger partial charge in [-0.1, -0.05) is 42.5 Å². The Hall–Kier alpha value is -3.94. The number of esters is 1. The van der Waals surface area contributed by atoms with E-state index in [2.05, 4.69) is 15.6 Å². The lowest BCUT2D eigenvalue weighted by molar-refractivity contribution is -0.127. The van der Waals surface area contributed by atoms with Crippen molar-refractivity contribution in [2.24, 2.45) is 0 Å². The number of carbonyl (C=O) groups is 3. The molecule has 148 valence electrons. The summed E-state index contributed by atoms with van der Waals surface area (Å²) in [5.74, 6) is -0.668. The average Bonchev–Trinajstić information content (AvgIpc) is 3.24. The van der Waals surface area contributed by atoms with Gasteiger partial charge in [0.05, 0.1) is 17.3 Å². The fourth-order valence-corrected chi connectivity index (χ4v) is 2.54. The minimum absolute atomic E-state index is 0.188. The number of aromatic nitrogens is 1. The molecule has 29 heavy (non-hydrogen) atoms. The summed E-state index contributed by atoms with van der Waals surface area (Å²) in [6, 6.07) is 15.4. The summed E-state index contributed by atoms with van der Waals surface area (Å²) in [4.78, 5) is 40.0. The van der Waals surface area contributed by atoms with Crippen LogP contribution in [0, 0.1) is 0 Å². The van der Waals surface area contributed by atoms with Crippen LogP contribution in [-0.4, -0.2) is 36.0 Å². The first kappa shape index (κ1) is 19.8. The van der Waals surface area contributed by atoms with E-state index in [1.807, 2.05) is 30.3 Å². The molecule has 0 radical (unpaired) electrons. The second-order valence-corrected chi connectivity index (χ2v) is 6.06. The summed E-state index contributed by atoms with van der Waals surface area (Å²) in [5.41, 5.74) is 1.47. The highest BCUT2D eigenvalue weighted by Gasteiger charge is 2.23. The van der Waals surface area contributed by atoms with Crippen LogP contribution < -0.4 is 10.6 Å². The molecule has 1 heterocycles. The molecule has 1 aromatic heterocycles. The lowest BCUT2D eigenvalue weighted by Gasteiger charge is -2.13. The van der Waals surface area contributed by atoms with Crippen LogP contribution in [0.3, 0.4) is 0 Å². The number of hydrogen-bond donors (Lipinski definition) is 2. The van der Waals surface area contributed by atoms with Crippen molar-refractivity contribution in [1.29, 1.82) is 0 Å². The highest BCUT2D eigenvalue weighted by Crippen LogP contribution is 2.28. The van der Waals surface area contributed by atoms with Gasteiger partial charge in [-0.2, -0.15) is 0 Å². The predicted molar refractivity (Wildman–Crippen MR) is 105 cm³/mol. The number of hydrogen-bond acceptors (Lipinski definition) is 6. The summed E-state index contributed by atoms with van der Waals surface area (Å²) >= 11 is 0. The standard InChI is InChI=1S/C21H19N3O5/c1-13(18(25)24-21(27)22-2)28-20(26)16-11-7-6-10-15(16)19-23-12-17(29-19)14-8-4-3-5-9-14/h3-13H,1-2H3,(H2,22,24,25,27)/t13-/m1/s1. The SMILES string of the molecule is CNC(=O)NC(=O)[C@@H](C)OC(=O)c1ccccc1-c1ncc(-c2ccccc2)o1. The van der Waals surface area contributed by atoms with E-state index in [9.17, 15) is 14.4 Å². The zero-order valence-corrected chi connectivity index (χ0v) is 15.8. The van der Waals surface area contributed by atoms with Crippen molar-refractivity contribution in [3.63, 3.8) is 0 Å². The van der Waals surface area contributed by atoms with Gasteiger partial charge in [-0.15, -0.1) is 0 Å². The molecule has 0 saturated carbocycles. The topological polar surface area (TPSA) is 111 Å². The Balaban J connectivity index is 1.80. The second-order valence-electron chi connectivity index (χ2n) is 6.06. The number of carbonyl (C=O) groups excluding carboxylic acids is 3. The molecule has 0 saturated heterocycles.